The molecule has 0 heterocycles. The summed E-state index contributed by atoms with van der Waals surface area (Å²) >= 11 is 5.80. The van der Waals surface area contributed by atoms with Crippen LogP contribution in [0.15, 0.2) is 60.7 Å². The third-order valence-corrected chi connectivity index (χ3v) is 5.03. The number of carbonyl (C=O) groups is 4. The number of fused-ring (bicyclic) bond motifs is 2. The second-order valence-electron chi connectivity index (χ2n) is 6.79. The van der Waals surface area contributed by atoms with Crippen LogP contribution in [0.5, 0.6) is 0 Å². The van der Waals surface area contributed by atoms with Crippen LogP contribution in [0.3, 0.4) is 0 Å². The lowest BCUT2D eigenvalue weighted by Crippen LogP contribution is -2.26. The Bertz CT molecular complexity index is 1270. The zero-order chi connectivity index (χ0) is 22.1. The zero-order valence-corrected chi connectivity index (χ0v) is 16.7. The molecule has 1 aliphatic rings. The maximum absolute atomic E-state index is 13.0. The minimum absolute atomic E-state index is 0.0756. The fourth-order valence-electron chi connectivity index (χ4n) is 3.36. The number of amides is 1. The third kappa shape index (κ3) is 3.78. The number of anilines is 2. The van der Waals surface area contributed by atoms with E-state index in [2.05, 4.69) is 5.32 Å². The Morgan fingerprint density at radius 3 is 2.29 bits per heavy atom. The minimum Gasteiger partial charge on any atom is -0.452 e. The summed E-state index contributed by atoms with van der Waals surface area (Å²) in [5.41, 5.74) is 7.00. The Labute approximate surface area is 181 Å². The maximum Gasteiger partial charge on any atom is 0.340 e. The molecule has 0 saturated carbocycles. The topological polar surface area (TPSA) is 116 Å². The Kier molecular flexibility index (Phi) is 5.27. The number of nitrogens with two attached hydrogens (primary N) is 1. The predicted molar refractivity (Wildman–Crippen MR) is 115 cm³/mol. The number of ether oxygens (including phenoxy) is 1. The molecule has 0 fully saturated rings. The van der Waals surface area contributed by atoms with Gasteiger partial charge in [-0.25, -0.2) is 4.79 Å². The Morgan fingerprint density at radius 1 is 0.903 bits per heavy atom. The van der Waals surface area contributed by atoms with Crippen molar-refractivity contribution in [3.05, 3.63) is 93.5 Å². The Balaban J connectivity index is 1.52. The Hall–Kier alpha value is -3.97. The van der Waals surface area contributed by atoms with Crippen molar-refractivity contribution in [1.29, 1.82) is 0 Å². The molecule has 1 amide bonds. The van der Waals surface area contributed by atoms with Gasteiger partial charge in [-0.2, -0.15) is 0 Å². The first kappa shape index (κ1) is 20.3. The smallest absolute Gasteiger partial charge is 0.340 e. The lowest BCUT2D eigenvalue weighted by molar-refractivity contribution is -0.119. The molecule has 0 radical (unpaired) electrons. The van der Waals surface area contributed by atoms with Crippen LogP contribution in [-0.2, 0) is 9.53 Å². The molecule has 3 aromatic carbocycles. The molecule has 0 aromatic heterocycles. The average molecular weight is 435 g/mol. The van der Waals surface area contributed by atoms with Gasteiger partial charge in [-0.3, -0.25) is 14.4 Å². The second-order valence-corrected chi connectivity index (χ2v) is 7.22. The van der Waals surface area contributed by atoms with E-state index in [1.807, 2.05) is 0 Å². The van der Waals surface area contributed by atoms with Gasteiger partial charge in [-0.05, 0) is 24.3 Å². The van der Waals surface area contributed by atoms with Gasteiger partial charge in [0.1, 0.15) is 0 Å². The van der Waals surface area contributed by atoms with Crippen molar-refractivity contribution in [2.24, 2.45) is 0 Å². The lowest BCUT2D eigenvalue weighted by Gasteiger charge is -2.20. The van der Waals surface area contributed by atoms with Crippen LogP contribution in [0.1, 0.15) is 42.2 Å². The lowest BCUT2D eigenvalue weighted by atomic mass is 9.83. The monoisotopic (exact) mass is 434 g/mol. The molecule has 1 aliphatic carbocycles. The van der Waals surface area contributed by atoms with Gasteiger partial charge in [0.15, 0.2) is 18.2 Å². The van der Waals surface area contributed by atoms with E-state index in [1.165, 1.54) is 30.3 Å². The number of esters is 1. The summed E-state index contributed by atoms with van der Waals surface area (Å²) in [7, 11) is 0. The molecule has 0 unspecified atom stereocenters. The summed E-state index contributed by atoms with van der Waals surface area (Å²) in [4.78, 5) is 50.3. The second kappa shape index (κ2) is 8.04. The fourth-order valence-corrected chi connectivity index (χ4v) is 3.54. The molecule has 31 heavy (non-hydrogen) atoms. The number of halogens is 1. The number of benzene rings is 3. The Morgan fingerprint density at radius 2 is 1.58 bits per heavy atom. The average Bonchev–Trinajstić information content (AvgIpc) is 2.76. The standard InChI is InChI=1S/C23H15ClN2O5/c24-12-8-9-15(17(25)10-12)23(30)31-11-19(27)26-18-7-3-6-16-20(18)22(29)14-5-2-1-4-13(14)21(16)28/h1-10H,11,25H2,(H,26,27). The maximum atomic E-state index is 13.0. The van der Waals surface area contributed by atoms with Gasteiger partial charge in [0, 0.05) is 27.4 Å². The molecule has 0 spiro atoms. The number of rotatable bonds is 4. The molecule has 0 saturated heterocycles. The molecule has 0 bridgehead atoms. The van der Waals surface area contributed by atoms with Gasteiger partial charge in [0.05, 0.1) is 16.8 Å². The number of ketones is 2. The molecule has 4 rings (SSSR count). The van der Waals surface area contributed by atoms with E-state index in [0.29, 0.717) is 10.6 Å². The van der Waals surface area contributed by atoms with Crippen molar-refractivity contribution in [1.82, 2.24) is 0 Å². The van der Waals surface area contributed by atoms with Crippen molar-refractivity contribution in [2.75, 3.05) is 17.7 Å². The minimum atomic E-state index is -0.792. The highest BCUT2D eigenvalue weighted by Crippen LogP contribution is 2.31. The van der Waals surface area contributed by atoms with Gasteiger partial charge in [-0.15, -0.1) is 0 Å². The van der Waals surface area contributed by atoms with Crippen LogP contribution in [0.2, 0.25) is 5.02 Å². The number of carbonyl (C=O) groups excluding carboxylic acids is 4. The summed E-state index contributed by atoms with van der Waals surface area (Å²) in [5, 5.41) is 2.90. The molecule has 0 aliphatic heterocycles. The van der Waals surface area contributed by atoms with E-state index >= 15 is 0 Å². The molecule has 7 nitrogen and oxygen atoms in total. The highest BCUT2D eigenvalue weighted by molar-refractivity contribution is 6.31. The van der Waals surface area contributed by atoms with Crippen molar-refractivity contribution < 1.29 is 23.9 Å². The van der Waals surface area contributed by atoms with E-state index in [0.717, 1.165) is 0 Å². The molecule has 8 heteroatoms. The number of nitrogen functional groups attached to an aromatic ring is 1. The molecular formula is C23H15ClN2O5. The number of hydrogen-bond donors (Lipinski definition) is 2. The van der Waals surface area contributed by atoms with Crippen molar-refractivity contribution >= 4 is 46.4 Å². The van der Waals surface area contributed by atoms with Crippen LogP contribution >= 0.6 is 11.6 Å². The first-order valence-corrected chi connectivity index (χ1v) is 9.58. The summed E-state index contributed by atoms with van der Waals surface area (Å²) in [6.07, 6.45) is 0. The van der Waals surface area contributed by atoms with Gasteiger partial charge in [-0.1, -0.05) is 48.0 Å². The van der Waals surface area contributed by atoms with Crippen LogP contribution in [0.4, 0.5) is 11.4 Å². The van der Waals surface area contributed by atoms with Crippen LogP contribution < -0.4 is 11.1 Å². The molecule has 3 aromatic rings. The van der Waals surface area contributed by atoms with E-state index in [4.69, 9.17) is 22.1 Å². The van der Waals surface area contributed by atoms with Gasteiger partial charge in [0.25, 0.3) is 5.91 Å². The van der Waals surface area contributed by atoms with E-state index in [-0.39, 0.29) is 45.2 Å². The summed E-state index contributed by atoms with van der Waals surface area (Å²) < 4.78 is 5.01. The highest BCUT2D eigenvalue weighted by atomic mass is 35.5. The first-order valence-electron chi connectivity index (χ1n) is 9.20. The normalized spacial score (nSPS) is 12.0. The molecular weight excluding hydrogens is 420 g/mol. The third-order valence-electron chi connectivity index (χ3n) is 4.79. The van der Waals surface area contributed by atoms with Gasteiger partial charge >= 0.3 is 5.97 Å². The number of hydrogen-bond acceptors (Lipinski definition) is 6. The van der Waals surface area contributed by atoms with E-state index in [9.17, 15) is 19.2 Å². The SMILES string of the molecule is Nc1cc(Cl)ccc1C(=O)OCC(=O)Nc1cccc2c1C(=O)c1ccccc1C2=O. The van der Waals surface area contributed by atoms with Gasteiger partial charge < -0.3 is 15.8 Å². The van der Waals surface area contributed by atoms with Crippen LogP contribution in [0, 0.1) is 0 Å². The summed E-state index contributed by atoms with van der Waals surface area (Å²) in [6, 6.07) is 15.4. The van der Waals surface area contributed by atoms with Gasteiger partial charge in [0.2, 0.25) is 0 Å². The van der Waals surface area contributed by atoms with Crippen molar-refractivity contribution in [3.63, 3.8) is 0 Å². The van der Waals surface area contributed by atoms with E-state index < -0.39 is 18.5 Å². The van der Waals surface area contributed by atoms with E-state index in [1.54, 1.807) is 30.3 Å². The zero-order valence-electron chi connectivity index (χ0n) is 16.0. The van der Waals surface area contributed by atoms with Crippen LogP contribution in [0.25, 0.3) is 0 Å². The highest BCUT2D eigenvalue weighted by Gasteiger charge is 2.31. The van der Waals surface area contributed by atoms with Crippen molar-refractivity contribution in [2.45, 2.75) is 0 Å². The van der Waals surface area contributed by atoms with Crippen LogP contribution in [-0.4, -0.2) is 30.0 Å². The quantitative estimate of drug-likeness (QED) is 0.375. The fraction of sp³-hybridized carbons (Fsp3) is 0.0435. The molecule has 154 valence electrons. The largest absolute Gasteiger partial charge is 0.452 e. The molecule has 3 N–H and O–H groups in total. The number of nitrogens with one attached hydrogen (secondary N) is 1. The molecule has 0 atom stereocenters. The summed E-state index contributed by atoms with van der Waals surface area (Å²) in [5.74, 6) is -2.13. The predicted octanol–water partition coefficient (Wildman–Crippen LogP) is 3.49. The first-order chi connectivity index (χ1) is 14.9. The summed E-state index contributed by atoms with van der Waals surface area (Å²) in [6.45, 7) is -0.608. The van der Waals surface area contributed by atoms with Crippen molar-refractivity contribution in [3.8, 4) is 0 Å².